The van der Waals surface area contributed by atoms with E-state index < -0.39 is 0 Å². The van der Waals surface area contributed by atoms with Crippen molar-refractivity contribution in [1.29, 1.82) is 0 Å². The number of nitrogens with two attached hydrogens (primary N) is 1. The van der Waals surface area contributed by atoms with Crippen LogP contribution in [0.5, 0.6) is 0 Å². The molecule has 0 aliphatic rings. The topological polar surface area (TPSA) is 68.8 Å². The molecule has 0 saturated heterocycles. The van der Waals surface area contributed by atoms with Gasteiger partial charge in [0, 0.05) is 7.05 Å². The van der Waals surface area contributed by atoms with E-state index in [9.17, 15) is 0 Å². The zero-order valence-corrected chi connectivity index (χ0v) is 11.5. The summed E-state index contributed by atoms with van der Waals surface area (Å²) in [5.74, 6) is 5.74. The molecule has 5 heteroatoms. The number of aryl methyl sites for hydroxylation is 2. The first kappa shape index (κ1) is 12.8. The van der Waals surface area contributed by atoms with Gasteiger partial charge in [0.05, 0.1) is 11.6 Å². The fourth-order valence-corrected chi connectivity index (χ4v) is 2.37. The van der Waals surface area contributed by atoms with Crippen LogP contribution in [-0.2, 0) is 7.05 Å². The minimum Gasteiger partial charge on any atom is -0.271 e. The monoisotopic (exact) mass is 267 g/mol. The highest BCUT2D eigenvalue weighted by Crippen LogP contribution is 2.24. The van der Waals surface area contributed by atoms with Gasteiger partial charge < -0.3 is 0 Å². The van der Waals surface area contributed by atoms with Crippen LogP contribution in [-0.4, -0.2) is 15.0 Å². The van der Waals surface area contributed by atoms with Crippen molar-refractivity contribution in [3.8, 4) is 0 Å². The van der Waals surface area contributed by atoms with Gasteiger partial charge in [0.2, 0.25) is 0 Å². The number of hydrazine groups is 1. The van der Waals surface area contributed by atoms with Gasteiger partial charge >= 0.3 is 0 Å². The smallest absolute Gasteiger partial charge is 0.113 e. The molecule has 3 aromatic rings. The quantitative estimate of drug-likeness (QED) is 0.561. The summed E-state index contributed by atoms with van der Waals surface area (Å²) in [5.41, 5.74) is 8.22. The van der Waals surface area contributed by atoms with Crippen molar-refractivity contribution < 1.29 is 0 Å². The third kappa shape index (κ3) is 2.17. The average Bonchev–Trinajstić information content (AvgIpc) is 2.83. The molecular formula is C15H17N5. The van der Waals surface area contributed by atoms with Crippen LogP contribution in [0.2, 0.25) is 0 Å². The maximum Gasteiger partial charge on any atom is 0.113 e. The lowest BCUT2D eigenvalue weighted by atomic mass is 9.98. The highest BCUT2D eigenvalue weighted by Gasteiger charge is 2.14. The van der Waals surface area contributed by atoms with E-state index >= 15 is 0 Å². The molecule has 0 saturated carbocycles. The summed E-state index contributed by atoms with van der Waals surface area (Å²) in [5, 5.41) is 8.11. The Hall–Kier alpha value is -2.24. The van der Waals surface area contributed by atoms with Gasteiger partial charge in [-0.15, -0.1) is 5.10 Å². The fourth-order valence-electron chi connectivity index (χ4n) is 2.37. The molecule has 1 heterocycles. The second-order valence-electron chi connectivity index (χ2n) is 4.97. The van der Waals surface area contributed by atoms with Crippen molar-refractivity contribution in [3.63, 3.8) is 0 Å². The van der Waals surface area contributed by atoms with Crippen LogP contribution in [0.15, 0.2) is 42.5 Å². The summed E-state index contributed by atoms with van der Waals surface area (Å²) < 4.78 is 1.77. The number of rotatable bonds is 3. The van der Waals surface area contributed by atoms with Gasteiger partial charge in [-0.25, -0.2) is 10.1 Å². The van der Waals surface area contributed by atoms with Gasteiger partial charge in [-0.3, -0.25) is 5.84 Å². The van der Waals surface area contributed by atoms with Gasteiger partial charge in [-0.2, -0.15) is 0 Å². The molecule has 0 amide bonds. The summed E-state index contributed by atoms with van der Waals surface area (Å²) in [4.78, 5) is 0. The van der Waals surface area contributed by atoms with E-state index in [0.29, 0.717) is 0 Å². The number of fused-ring (bicyclic) bond motifs is 1. The molecular weight excluding hydrogens is 250 g/mol. The molecule has 3 rings (SSSR count). The molecule has 1 unspecified atom stereocenters. The molecule has 0 aliphatic carbocycles. The summed E-state index contributed by atoms with van der Waals surface area (Å²) >= 11 is 0. The Kier molecular flexibility index (Phi) is 3.22. The average molecular weight is 267 g/mol. The molecule has 1 atom stereocenters. The summed E-state index contributed by atoms with van der Waals surface area (Å²) in [6.07, 6.45) is 0. The Balaban J connectivity index is 2.06. The van der Waals surface area contributed by atoms with Gasteiger partial charge in [0.1, 0.15) is 5.52 Å². The molecule has 0 aliphatic heterocycles. The molecule has 0 spiro atoms. The van der Waals surface area contributed by atoms with E-state index in [0.717, 1.165) is 22.2 Å². The first-order valence-electron chi connectivity index (χ1n) is 6.51. The van der Waals surface area contributed by atoms with E-state index in [1.807, 2.05) is 19.2 Å². The number of nitrogens with one attached hydrogen (secondary N) is 1. The first-order chi connectivity index (χ1) is 9.69. The maximum atomic E-state index is 5.74. The van der Waals surface area contributed by atoms with Crippen molar-refractivity contribution in [3.05, 3.63) is 59.2 Å². The molecule has 1 aromatic heterocycles. The zero-order valence-electron chi connectivity index (χ0n) is 11.5. The van der Waals surface area contributed by atoms with Gasteiger partial charge in [-0.05, 0) is 30.2 Å². The zero-order chi connectivity index (χ0) is 14.1. The van der Waals surface area contributed by atoms with E-state index in [2.05, 4.69) is 53.0 Å². The van der Waals surface area contributed by atoms with E-state index in [4.69, 9.17) is 5.84 Å². The van der Waals surface area contributed by atoms with Crippen LogP contribution in [0.25, 0.3) is 11.0 Å². The van der Waals surface area contributed by atoms with E-state index in [1.165, 1.54) is 5.56 Å². The Morgan fingerprint density at radius 3 is 2.50 bits per heavy atom. The van der Waals surface area contributed by atoms with Crippen molar-refractivity contribution >= 4 is 11.0 Å². The van der Waals surface area contributed by atoms with Crippen molar-refractivity contribution in [2.24, 2.45) is 12.9 Å². The number of nitrogens with zero attached hydrogens (tertiary/aromatic N) is 3. The summed E-state index contributed by atoms with van der Waals surface area (Å²) in [7, 11) is 1.88. The number of hydrogen-bond donors (Lipinski definition) is 2. The van der Waals surface area contributed by atoms with Crippen molar-refractivity contribution in [2.45, 2.75) is 13.0 Å². The van der Waals surface area contributed by atoms with E-state index in [1.54, 1.807) is 4.68 Å². The predicted octanol–water partition coefficient (Wildman–Crippen LogP) is 1.83. The normalized spacial score (nSPS) is 12.8. The van der Waals surface area contributed by atoms with E-state index in [-0.39, 0.29) is 6.04 Å². The summed E-state index contributed by atoms with van der Waals surface area (Å²) in [6.45, 7) is 2.07. The molecule has 5 nitrogen and oxygen atoms in total. The van der Waals surface area contributed by atoms with Crippen LogP contribution in [0, 0.1) is 6.92 Å². The highest BCUT2D eigenvalue weighted by atomic mass is 15.4. The SMILES string of the molecule is Cc1ccc(C(NN)c2ccc3nnn(C)c3c2)cc1. The standard InChI is InChI=1S/C15H17N5/c1-10-3-5-11(6-4-10)15(17-16)12-7-8-13-14(9-12)20(2)19-18-13/h3-9,15,17H,16H2,1-2H3. The lowest BCUT2D eigenvalue weighted by molar-refractivity contribution is 0.637. The largest absolute Gasteiger partial charge is 0.271 e. The van der Waals surface area contributed by atoms with Crippen LogP contribution in [0.1, 0.15) is 22.7 Å². The highest BCUT2D eigenvalue weighted by molar-refractivity contribution is 5.75. The lowest BCUT2D eigenvalue weighted by Crippen LogP contribution is -2.28. The minimum atomic E-state index is -0.0464. The van der Waals surface area contributed by atoms with Crippen LogP contribution < -0.4 is 11.3 Å². The molecule has 20 heavy (non-hydrogen) atoms. The van der Waals surface area contributed by atoms with Crippen LogP contribution in [0.4, 0.5) is 0 Å². The number of benzene rings is 2. The minimum absolute atomic E-state index is 0.0464. The Morgan fingerprint density at radius 1 is 1.10 bits per heavy atom. The number of hydrogen-bond acceptors (Lipinski definition) is 4. The lowest BCUT2D eigenvalue weighted by Gasteiger charge is -2.17. The van der Waals surface area contributed by atoms with Gasteiger partial charge in [0.15, 0.2) is 0 Å². The van der Waals surface area contributed by atoms with Gasteiger partial charge in [-0.1, -0.05) is 41.1 Å². The molecule has 2 aromatic carbocycles. The molecule has 0 bridgehead atoms. The maximum absolute atomic E-state index is 5.74. The van der Waals surface area contributed by atoms with Crippen molar-refractivity contribution in [1.82, 2.24) is 20.4 Å². The molecule has 0 radical (unpaired) electrons. The second-order valence-corrected chi connectivity index (χ2v) is 4.97. The fraction of sp³-hybridized carbons (Fsp3) is 0.200. The molecule has 102 valence electrons. The predicted molar refractivity (Wildman–Crippen MR) is 78.9 cm³/mol. The Labute approximate surface area is 117 Å². The second kappa shape index (κ2) is 5.03. The van der Waals surface area contributed by atoms with Crippen LogP contribution in [0.3, 0.4) is 0 Å². The van der Waals surface area contributed by atoms with Crippen molar-refractivity contribution in [2.75, 3.05) is 0 Å². The van der Waals surface area contributed by atoms with Gasteiger partial charge in [0.25, 0.3) is 0 Å². The Morgan fingerprint density at radius 2 is 1.80 bits per heavy atom. The summed E-state index contributed by atoms with van der Waals surface area (Å²) in [6, 6.07) is 14.4. The third-order valence-electron chi connectivity index (χ3n) is 3.55. The Bertz CT molecular complexity index is 730. The first-order valence-corrected chi connectivity index (χ1v) is 6.51. The third-order valence-corrected chi connectivity index (χ3v) is 3.55. The van der Waals surface area contributed by atoms with Crippen LogP contribution >= 0.6 is 0 Å². The number of aromatic nitrogens is 3. The molecule has 3 N–H and O–H groups in total. The molecule has 0 fully saturated rings.